The van der Waals surface area contributed by atoms with Crippen LogP contribution in [0, 0.1) is 0 Å². The highest BCUT2D eigenvalue weighted by atomic mass is 15.1. The molecule has 0 aliphatic carbocycles. The number of nitrogens with zero attached hydrogens (tertiary/aromatic N) is 3. The zero-order valence-corrected chi connectivity index (χ0v) is 10.1. The largest absolute Gasteiger partial charge is 0.370 e. The van der Waals surface area contributed by atoms with Gasteiger partial charge in [-0.05, 0) is 31.8 Å². The molecule has 0 spiro atoms. The van der Waals surface area contributed by atoms with Crippen molar-refractivity contribution in [3.05, 3.63) is 29.8 Å². The molecule has 0 radical (unpaired) electrons. The van der Waals surface area contributed by atoms with Crippen LogP contribution < -0.4 is 17.2 Å². The van der Waals surface area contributed by atoms with Crippen LogP contribution in [0.3, 0.4) is 0 Å². The summed E-state index contributed by atoms with van der Waals surface area (Å²) in [6, 6.07) is 7.71. The molecule has 6 heteroatoms. The van der Waals surface area contributed by atoms with Crippen molar-refractivity contribution >= 4 is 17.6 Å². The third kappa shape index (κ3) is 4.98. The average molecular weight is 234 g/mol. The molecule has 0 aromatic heterocycles. The highest BCUT2D eigenvalue weighted by Crippen LogP contribution is 2.13. The van der Waals surface area contributed by atoms with E-state index < -0.39 is 0 Å². The quantitative estimate of drug-likeness (QED) is 0.504. The molecule has 0 aliphatic rings. The topological polar surface area (TPSA) is 106 Å². The van der Waals surface area contributed by atoms with Crippen molar-refractivity contribution in [3.8, 4) is 0 Å². The van der Waals surface area contributed by atoms with Crippen molar-refractivity contribution in [1.82, 2.24) is 4.90 Å². The van der Waals surface area contributed by atoms with Crippen LogP contribution in [0.15, 0.2) is 34.3 Å². The van der Waals surface area contributed by atoms with E-state index >= 15 is 0 Å². The standard InChI is InChI=1S/C11H18N6/c1-17(2)7-8-3-5-9(6-4-8)15-11(14)16-10(12)13/h3-6H,7H2,1-2H3,(H6,12,13,14,15,16). The molecule has 1 aromatic rings. The first-order valence-electron chi connectivity index (χ1n) is 5.15. The van der Waals surface area contributed by atoms with E-state index in [2.05, 4.69) is 14.9 Å². The van der Waals surface area contributed by atoms with E-state index in [0.29, 0.717) is 0 Å². The van der Waals surface area contributed by atoms with Crippen molar-refractivity contribution in [2.45, 2.75) is 6.54 Å². The molecule has 1 aromatic carbocycles. The number of hydrogen-bond donors (Lipinski definition) is 3. The normalized spacial score (nSPS) is 11.6. The third-order valence-corrected chi connectivity index (χ3v) is 1.92. The molecule has 6 nitrogen and oxygen atoms in total. The number of hydrogen-bond acceptors (Lipinski definition) is 2. The molecule has 92 valence electrons. The van der Waals surface area contributed by atoms with Gasteiger partial charge in [0.1, 0.15) is 0 Å². The third-order valence-electron chi connectivity index (χ3n) is 1.92. The fourth-order valence-electron chi connectivity index (χ4n) is 1.33. The molecule has 0 unspecified atom stereocenters. The molecule has 0 saturated heterocycles. The van der Waals surface area contributed by atoms with Crippen molar-refractivity contribution in [3.63, 3.8) is 0 Å². The van der Waals surface area contributed by atoms with Gasteiger partial charge in [0.25, 0.3) is 0 Å². The molecule has 0 saturated carbocycles. The van der Waals surface area contributed by atoms with E-state index in [1.54, 1.807) is 0 Å². The summed E-state index contributed by atoms with van der Waals surface area (Å²) in [5.74, 6) is -0.0548. The number of guanidine groups is 2. The first-order chi connectivity index (χ1) is 7.97. The fourth-order valence-corrected chi connectivity index (χ4v) is 1.33. The van der Waals surface area contributed by atoms with E-state index in [-0.39, 0.29) is 11.9 Å². The van der Waals surface area contributed by atoms with Gasteiger partial charge < -0.3 is 22.1 Å². The lowest BCUT2D eigenvalue weighted by Gasteiger charge is -2.09. The van der Waals surface area contributed by atoms with Crippen LogP contribution >= 0.6 is 0 Å². The first-order valence-corrected chi connectivity index (χ1v) is 5.15. The Labute approximate surface area is 101 Å². The van der Waals surface area contributed by atoms with E-state index in [1.165, 1.54) is 5.56 Å². The zero-order valence-electron chi connectivity index (χ0n) is 10.1. The summed E-state index contributed by atoms with van der Waals surface area (Å²) in [5.41, 5.74) is 17.8. The fraction of sp³-hybridized carbons (Fsp3) is 0.273. The number of nitrogens with two attached hydrogens (primary N) is 3. The minimum atomic E-state index is -0.101. The van der Waals surface area contributed by atoms with E-state index in [0.717, 1.165) is 12.2 Å². The predicted molar refractivity (Wildman–Crippen MR) is 70.9 cm³/mol. The molecular formula is C11H18N6. The Kier molecular flexibility index (Phi) is 4.47. The monoisotopic (exact) mass is 234 g/mol. The summed E-state index contributed by atoms with van der Waals surface area (Å²) in [7, 11) is 4.03. The SMILES string of the molecule is CN(C)Cc1ccc(N=C(N)N=C(N)N)cc1. The van der Waals surface area contributed by atoms with Gasteiger partial charge in [0.05, 0.1) is 5.69 Å². The molecule has 17 heavy (non-hydrogen) atoms. The predicted octanol–water partition coefficient (Wildman–Crippen LogP) is -0.0322. The molecule has 0 amide bonds. The van der Waals surface area contributed by atoms with Gasteiger partial charge in [-0.15, -0.1) is 0 Å². The maximum atomic E-state index is 5.52. The average Bonchev–Trinajstić information content (AvgIpc) is 2.18. The second-order valence-electron chi connectivity index (χ2n) is 3.91. The van der Waals surface area contributed by atoms with Gasteiger partial charge in [-0.25, -0.2) is 4.99 Å². The molecule has 0 heterocycles. The molecule has 0 fully saturated rings. The smallest absolute Gasteiger partial charge is 0.223 e. The van der Waals surface area contributed by atoms with Gasteiger partial charge in [0.2, 0.25) is 5.96 Å². The number of benzene rings is 1. The molecule has 1 rings (SSSR count). The summed E-state index contributed by atoms with van der Waals surface area (Å²) in [4.78, 5) is 9.78. The van der Waals surface area contributed by atoms with E-state index in [1.807, 2.05) is 38.4 Å². The van der Waals surface area contributed by atoms with Crippen LogP contribution in [0.2, 0.25) is 0 Å². The minimum absolute atomic E-state index is 0.0466. The van der Waals surface area contributed by atoms with Gasteiger partial charge in [-0.1, -0.05) is 12.1 Å². The highest BCUT2D eigenvalue weighted by molar-refractivity contribution is 5.93. The van der Waals surface area contributed by atoms with Gasteiger partial charge in [0, 0.05) is 6.54 Å². The second kappa shape index (κ2) is 5.86. The lowest BCUT2D eigenvalue weighted by molar-refractivity contribution is 0.402. The zero-order chi connectivity index (χ0) is 12.8. The van der Waals surface area contributed by atoms with Crippen molar-refractivity contribution < 1.29 is 0 Å². The van der Waals surface area contributed by atoms with Crippen molar-refractivity contribution in [2.75, 3.05) is 14.1 Å². The van der Waals surface area contributed by atoms with Gasteiger partial charge in [0.15, 0.2) is 5.96 Å². The van der Waals surface area contributed by atoms with Crippen molar-refractivity contribution in [1.29, 1.82) is 0 Å². The van der Waals surface area contributed by atoms with Crippen LogP contribution in [0.1, 0.15) is 5.56 Å². The second-order valence-corrected chi connectivity index (χ2v) is 3.91. The number of aliphatic imine (C=N–C) groups is 2. The highest BCUT2D eigenvalue weighted by Gasteiger charge is 1.96. The molecule has 6 N–H and O–H groups in total. The summed E-state index contributed by atoms with van der Waals surface area (Å²) >= 11 is 0. The summed E-state index contributed by atoms with van der Waals surface area (Å²) < 4.78 is 0. The van der Waals surface area contributed by atoms with Crippen molar-refractivity contribution in [2.24, 2.45) is 27.2 Å². The van der Waals surface area contributed by atoms with Crippen LogP contribution in [0.4, 0.5) is 5.69 Å². The lowest BCUT2D eigenvalue weighted by atomic mass is 10.2. The Morgan fingerprint density at radius 1 is 1.12 bits per heavy atom. The Morgan fingerprint density at radius 2 is 1.71 bits per heavy atom. The number of rotatable bonds is 3. The molecule has 0 aliphatic heterocycles. The van der Waals surface area contributed by atoms with Gasteiger partial charge in [-0.2, -0.15) is 4.99 Å². The van der Waals surface area contributed by atoms with E-state index in [4.69, 9.17) is 17.2 Å². The summed E-state index contributed by atoms with van der Waals surface area (Å²) in [5, 5.41) is 0. The maximum Gasteiger partial charge on any atom is 0.223 e. The molecule has 0 atom stereocenters. The molecular weight excluding hydrogens is 216 g/mol. The van der Waals surface area contributed by atoms with E-state index in [9.17, 15) is 0 Å². The Morgan fingerprint density at radius 3 is 2.18 bits per heavy atom. The summed E-state index contributed by atoms with van der Waals surface area (Å²) in [6.45, 7) is 0.882. The Balaban J connectivity index is 2.78. The summed E-state index contributed by atoms with van der Waals surface area (Å²) in [6.07, 6.45) is 0. The Bertz CT molecular complexity index is 414. The van der Waals surface area contributed by atoms with Gasteiger partial charge >= 0.3 is 0 Å². The van der Waals surface area contributed by atoms with Crippen LogP contribution in [-0.4, -0.2) is 30.9 Å². The van der Waals surface area contributed by atoms with Gasteiger partial charge in [-0.3, -0.25) is 0 Å². The Hall–Kier alpha value is -2.08. The molecule has 0 bridgehead atoms. The van der Waals surface area contributed by atoms with Crippen LogP contribution in [-0.2, 0) is 6.54 Å². The minimum Gasteiger partial charge on any atom is -0.370 e. The maximum absolute atomic E-state index is 5.52. The lowest BCUT2D eigenvalue weighted by Crippen LogP contribution is -2.26. The van der Waals surface area contributed by atoms with Crippen LogP contribution in [0.25, 0.3) is 0 Å². The van der Waals surface area contributed by atoms with Crippen LogP contribution in [0.5, 0.6) is 0 Å². The first kappa shape index (κ1) is 13.0.